The highest BCUT2D eigenvalue weighted by Gasteiger charge is 2.02. The van der Waals surface area contributed by atoms with Gasteiger partial charge in [-0.05, 0) is 52.8 Å². The molecular formula is C10H9BrN2S. The fourth-order valence-electron chi connectivity index (χ4n) is 1.32. The third-order valence-electron chi connectivity index (χ3n) is 2.01. The fourth-order valence-corrected chi connectivity index (χ4v) is 1.98. The van der Waals surface area contributed by atoms with E-state index in [1.54, 1.807) is 0 Å². The molecule has 0 aliphatic carbocycles. The summed E-state index contributed by atoms with van der Waals surface area (Å²) in [5.74, 6) is 0. The molecule has 1 aromatic heterocycles. The molecule has 2 rings (SSSR count). The molecule has 1 heterocycles. The van der Waals surface area contributed by atoms with Crippen molar-refractivity contribution in [3.63, 3.8) is 0 Å². The third-order valence-corrected chi connectivity index (χ3v) is 3.00. The van der Waals surface area contributed by atoms with Crippen LogP contribution < -0.4 is 0 Å². The Labute approximate surface area is 95.7 Å². The number of aromatic nitrogens is 2. The van der Waals surface area contributed by atoms with Crippen molar-refractivity contribution < 1.29 is 0 Å². The zero-order valence-corrected chi connectivity index (χ0v) is 10.0. The number of hydrogen-bond donors (Lipinski definition) is 1. The van der Waals surface area contributed by atoms with Crippen LogP contribution in [-0.2, 0) is 0 Å². The third kappa shape index (κ3) is 1.67. The van der Waals surface area contributed by atoms with Gasteiger partial charge in [-0.15, -0.1) is 0 Å². The highest BCUT2D eigenvalue weighted by molar-refractivity contribution is 9.10. The summed E-state index contributed by atoms with van der Waals surface area (Å²) in [7, 11) is 0. The molecule has 0 spiro atoms. The molecule has 0 saturated carbocycles. The number of benzene rings is 1. The van der Waals surface area contributed by atoms with Gasteiger partial charge in [-0.3, -0.25) is 4.57 Å². The number of nitrogens with zero attached hydrogens (tertiary/aromatic N) is 1. The summed E-state index contributed by atoms with van der Waals surface area (Å²) in [6.07, 6.45) is 3.75. The standard InChI is InChI=1S/C10H9BrN2S/c1-7-2-3-8(11)9(6-7)13-5-4-12-10(13)14/h2-6H,1H3,(H,12,14). The highest BCUT2D eigenvalue weighted by Crippen LogP contribution is 2.22. The molecule has 0 fully saturated rings. The quantitative estimate of drug-likeness (QED) is 0.784. The Morgan fingerprint density at radius 2 is 2.21 bits per heavy atom. The zero-order valence-electron chi connectivity index (χ0n) is 7.62. The summed E-state index contributed by atoms with van der Waals surface area (Å²) < 4.78 is 3.68. The van der Waals surface area contributed by atoms with Crippen molar-refractivity contribution >= 4 is 28.1 Å². The number of H-pyrrole nitrogens is 1. The van der Waals surface area contributed by atoms with E-state index in [9.17, 15) is 0 Å². The van der Waals surface area contributed by atoms with Crippen LogP contribution in [0.25, 0.3) is 5.69 Å². The first-order valence-electron chi connectivity index (χ1n) is 4.21. The smallest absolute Gasteiger partial charge is 0.181 e. The molecule has 0 bridgehead atoms. The number of nitrogens with one attached hydrogen (secondary N) is 1. The number of hydrogen-bond acceptors (Lipinski definition) is 1. The van der Waals surface area contributed by atoms with Crippen LogP contribution >= 0.6 is 28.1 Å². The van der Waals surface area contributed by atoms with Crippen LogP contribution in [0.3, 0.4) is 0 Å². The van der Waals surface area contributed by atoms with E-state index in [0.717, 1.165) is 10.2 Å². The van der Waals surface area contributed by atoms with Gasteiger partial charge in [-0.25, -0.2) is 0 Å². The van der Waals surface area contributed by atoms with Crippen molar-refractivity contribution in [3.8, 4) is 5.69 Å². The average Bonchev–Trinajstić information content (AvgIpc) is 2.56. The van der Waals surface area contributed by atoms with E-state index >= 15 is 0 Å². The van der Waals surface area contributed by atoms with Crippen LogP contribution in [0.15, 0.2) is 35.1 Å². The van der Waals surface area contributed by atoms with E-state index in [1.165, 1.54) is 5.56 Å². The molecule has 72 valence electrons. The van der Waals surface area contributed by atoms with E-state index in [0.29, 0.717) is 4.77 Å². The van der Waals surface area contributed by atoms with E-state index in [4.69, 9.17) is 12.2 Å². The van der Waals surface area contributed by atoms with E-state index < -0.39 is 0 Å². The van der Waals surface area contributed by atoms with Crippen molar-refractivity contribution in [3.05, 3.63) is 45.4 Å². The minimum Gasteiger partial charge on any atom is -0.337 e. The summed E-state index contributed by atoms with van der Waals surface area (Å²) in [6.45, 7) is 2.06. The lowest BCUT2D eigenvalue weighted by Crippen LogP contribution is -1.93. The minimum absolute atomic E-state index is 0.705. The monoisotopic (exact) mass is 268 g/mol. The van der Waals surface area contributed by atoms with E-state index in [2.05, 4.69) is 40.0 Å². The van der Waals surface area contributed by atoms with Crippen LogP contribution in [0.5, 0.6) is 0 Å². The lowest BCUT2D eigenvalue weighted by molar-refractivity contribution is 1.02. The predicted molar refractivity (Wildman–Crippen MR) is 63.4 cm³/mol. The Balaban J connectivity index is 2.68. The molecule has 0 aliphatic heterocycles. The van der Waals surface area contributed by atoms with Crippen molar-refractivity contribution in [2.45, 2.75) is 6.92 Å². The topological polar surface area (TPSA) is 20.7 Å². The summed E-state index contributed by atoms with van der Waals surface area (Å²) >= 11 is 8.66. The Bertz CT molecular complexity index is 513. The Morgan fingerprint density at radius 1 is 1.43 bits per heavy atom. The first-order valence-corrected chi connectivity index (χ1v) is 5.41. The molecule has 0 unspecified atom stereocenters. The van der Waals surface area contributed by atoms with Crippen molar-refractivity contribution in [2.75, 3.05) is 0 Å². The molecule has 0 radical (unpaired) electrons. The Morgan fingerprint density at radius 3 is 2.86 bits per heavy atom. The number of rotatable bonds is 1. The molecule has 1 aromatic carbocycles. The SMILES string of the molecule is Cc1ccc(Br)c(-n2cc[nH]c2=S)c1. The second-order valence-corrected chi connectivity index (χ2v) is 4.33. The molecule has 2 nitrogen and oxygen atoms in total. The summed E-state index contributed by atoms with van der Waals surface area (Å²) in [5, 5.41) is 0. The molecule has 0 amide bonds. The molecule has 4 heteroatoms. The maximum Gasteiger partial charge on any atom is 0.181 e. The van der Waals surface area contributed by atoms with Crippen molar-refractivity contribution in [2.24, 2.45) is 0 Å². The fraction of sp³-hybridized carbons (Fsp3) is 0.100. The van der Waals surface area contributed by atoms with E-state index in [1.807, 2.05) is 23.0 Å². The van der Waals surface area contributed by atoms with Gasteiger partial charge in [0.1, 0.15) is 0 Å². The zero-order chi connectivity index (χ0) is 10.1. The molecule has 0 atom stereocenters. The van der Waals surface area contributed by atoms with Gasteiger partial charge < -0.3 is 4.98 Å². The summed E-state index contributed by atoms with van der Waals surface area (Å²) in [4.78, 5) is 2.97. The molecule has 14 heavy (non-hydrogen) atoms. The molecule has 0 saturated heterocycles. The summed E-state index contributed by atoms with van der Waals surface area (Å²) in [5.41, 5.74) is 2.28. The predicted octanol–water partition coefficient (Wildman–Crippen LogP) is 3.61. The number of aromatic amines is 1. The van der Waals surface area contributed by atoms with Gasteiger partial charge in [0.25, 0.3) is 0 Å². The van der Waals surface area contributed by atoms with Gasteiger partial charge in [-0.2, -0.15) is 0 Å². The number of imidazole rings is 1. The van der Waals surface area contributed by atoms with Crippen LogP contribution in [0.4, 0.5) is 0 Å². The van der Waals surface area contributed by atoms with Crippen LogP contribution in [-0.4, -0.2) is 9.55 Å². The normalized spacial score (nSPS) is 10.4. The first-order chi connectivity index (χ1) is 6.68. The lowest BCUT2D eigenvalue weighted by atomic mass is 10.2. The summed E-state index contributed by atoms with van der Waals surface area (Å²) in [6, 6.07) is 6.18. The van der Waals surface area contributed by atoms with Gasteiger partial charge in [0.05, 0.1) is 5.69 Å². The van der Waals surface area contributed by atoms with E-state index in [-0.39, 0.29) is 0 Å². The Hall–Kier alpha value is -0.870. The van der Waals surface area contributed by atoms with Crippen molar-refractivity contribution in [1.29, 1.82) is 0 Å². The van der Waals surface area contributed by atoms with Gasteiger partial charge in [0, 0.05) is 16.9 Å². The van der Waals surface area contributed by atoms with Crippen LogP contribution in [0, 0.1) is 11.7 Å². The maximum atomic E-state index is 5.16. The minimum atomic E-state index is 0.705. The largest absolute Gasteiger partial charge is 0.337 e. The number of aryl methyl sites for hydroxylation is 1. The first kappa shape index (κ1) is 9.68. The molecule has 1 N–H and O–H groups in total. The lowest BCUT2D eigenvalue weighted by Gasteiger charge is -2.06. The highest BCUT2D eigenvalue weighted by atomic mass is 79.9. The van der Waals surface area contributed by atoms with Crippen LogP contribution in [0.1, 0.15) is 5.56 Å². The Kier molecular flexibility index (Phi) is 2.56. The van der Waals surface area contributed by atoms with Gasteiger partial charge in [0.2, 0.25) is 0 Å². The average molecular weight is 269 g/mol. The number of halogens is 1. The molecule has 2 aromatic rings. The van der Waals surface area contributed by atoms with Gasteiger partial charge >= 0.3 is 0 Å². The second kappa shape index (κ2) is 3.71. The van der Waals surface area contributed by atoms with Gasteiger partial charge in [0.15, 0.2) is 4.77 Å². The van der Waals surface area contributed by atoms with Gasteiger partial charge in [-0.1, -0.05) is 6.07 Å². The maximum absolute atomic E-state index is 5.16. The molecule has 0 aliphatic rings. The van der Waals surface area contributed by atoms with Crippen LogP contribution in [0.2, 0.25) is 0 Å². The van der Waals surface area contributed by atoms with Crippen molar-refractivity contribution in [1.82, 2.24) is 9.55 Å². The molecular weight excluding hydrogens is 260 g/mol. The second-order valence-electron chi connectivity index (χ2n) is 3.09.